The number of carbonyl (C=O) groups excluding carboxylic acids is 1. The summed E-state index contributed by atoms with van der Waals surface area (Å²) in [7, 11) is -1.77. The first-order valence-corrected chi connectivity index (χ1v) is 16.5. The zero-order valence-corrected chi connectivity index (χ0v) is 24.8. The molecule has 3 heterocycles. The molecule has 1 aromatic carbocycles. The van der Waals surface area contributed by atoms with Gasteiger partial charge in [-0.05, 0) is 68.9 Å². The van der Waals surface area contributed by atoms with E-state index in [1.165, 1.54) is 33.6 Å². The second-order valence-electron chi connectivity index (χ2n) is 10.5. The molecule has 0 aliphatic heterocycles. The Morgan fingerprint density at radius 1 is 1.10 bits per heavy atom. The SMILES string of the molecule is CSc1nsc(NC(=O)N[C@H]2C[C@@H]3C[C@@H](N(C)c4ncnc5c4ccn5S(=O)(=O)c4ccc(C)cc4)C[C@@H]3C2)n1. The topological polar surface area (TPSA) is 135 Å². The predicted molar refractivity (Wildman–Crippen MR) is 157 cm³/mol. The highest BCUT2D eigenvalue weighted by molar-refractivity contribution is 7.98. The molecule has 0 spiro atoms. The molecule has 2 fully saturated rings. The van der Waals surface area contributed by atoms with Crippen molar-refractivity contribution in [2.24, 2.45) is 11.8 Å². The Kier molecular flexibility index (Phi) is 7.17. The molecule has 0 bridgehead atoms. The van der Waals surface area contributed by atoms with Crippen LogP contribution in [0.5, 0.6) is 0 Å². The minimum absolute atomic E-state index is 0.126. The van der Waals surface area contributed by atoms with Crippen LogP contribution in [0, 0.1) is 18.8 Å². The maximum absolute atomic E-state index is 13.4. The van der Waals surface area contributed by atoms with Gasteiger partial charge in [0, 0.05) is 36.9 Å². The van der Waals surface area contributed by atoms with Crippen molar-refractivity contribution in [3.8, 4) is 0 Å². The first kappa shape index (κ1) is 27.0. The number of carbonyl (C=O) groups is 1. The van der Waals surface area contributed by atoms with E-state index in [4.69, 9.17) is 0 Å². The Hall–Kier alpha value is -3.23. The summed E-state index contributed by atoms with van der Waals surface area (Å²) < 4.78 is 32.1. The second-order valence-corrected chi connectivity index (χ2v) is 13.8. The Balaban J connectivity index is 1.12. The number of urea groups is 1. The molecule has 2 aliphatic carbocycles. The highest BCUT2D eigenvalue weighted by atomic mass is 32.2. The zero-order chi connectivity index (χ0) is 28.0. The Morgan fingerprint density at radius 3 is 2.50 bits per heavy atom. The van der Waals surface area contributed by atoms with Crippen LogP contribution >= 0.6 is 23.3 Å². The molecule has 14 heteroatoms. The van der Waals surface area contributed by atoms with E-state index in [2.05, 4.69) is 34.9 Å². The molecule has 2 aliphatic rings. The van der Waals surface area contributed by atoms with E-state index < -0.39 is 10.0 Å². The Bertz CT molecular complexity index is 1640. The minimum atomic E-state index is -3.79. The van der Waals surface area contributed by atoms with Gasteiger partial charge in [0.15, 0.2) is 5.65 Å². The number of hydrogen-bond donors (Lipinski definition) is 2. The number of nitrogens with zero attached hydrogens (tertiary/aromatic N) is 6. The number of hydrogen-bond acceptors (Lipinski definition) is 10. The van der Waals surface area contributed by atoms with E-state index in [0.717, 1.165) is 37.1 Å². The van der Waals surface area contributed by atoms with Gasteiger partial charge in [0.2, 0.25) is 10.3 Å². The molecular weight excluding hydrogens is 569 g/mol. The van der Waals surface area contributed by atoms with Crippen molar-refractivity contribution < 1.29 is 13.2 Å². The van der Waals surface area contributed by atoms with Crippen LogP contribution in [0.3, 0.4) is 0 Å². The molecular formula is C26H30N8O3S3. The van der Waals surface area contributed by atoms with E-state index in [-0.39, 0.29) is 23.0 Å². The maximum atomic E-state index is 13.4. The monoisotopic (exact) mass is 598 g/mol. The third-order valence-electron chi connectivity index (χ3n) is 8.02. The number of thioether (sulfide) groups is 1. The van der Waals surface area contributed by atoms with Crippen LogP contribution in [0.25, 0.3) is 11.0 Å². The van der Waals surface area contributed by atoms with Crippen LogP contribution < -0.4 is 15.5 Å². The first-order chi connectivity index (χ1) is 19.2. The third kappa shape index (κ3) is 5.03. The van der Waals surface area contributed by atoms with Gasteiger partial charge in [-0.2, -0.15) is 9.36 Å². The van der Waals surface area contributed by atoms with E-state index in [9.17, 15) is 13.2 Å². The summed E-state index contributed by atoms with van der Waals surface area (Å²) in [6.45, 7) is 1.92. The maximum Gasteiger partial charge on any atom is 0.321 e. The van der Waals surface area contributed by atoms with Crippen LogP contribution in [0.15, 0.2) is 52.9 Å². The number of benzene rings is 1. The average molecular weight is 599 g/mol. The molecule has 0 unspecified atom stereocenters. The van der Waals surface area contributed by atoms with E-state index in [1.54, 1.807) is 36.5 Å². The van der Waals surface area contributed by atoms with Gasteiger partial charge in [-0.1, -0.05) is 29.5 Å². The quantitative estimate of drug-likeness (QED) is 0.297. The number of nitrogens with one attached hydrogen (secondary N) is 2. The highest BCUT2D eigenvalue weighted by Crippen LogP contribution is 2.46. The lowest BCUT2D eigenvalue weighted by Gasteiger charge is -2.27. The van der Waals surface area contributed by atoms with Gasteiger partial charge in [-0.25, -0.2) is 27.2 Å². The number of aryl methyl sites for hydroxylation is 1. The molecule has 6 rings (SSSR count). The predicted octanol–water partition coefficient (Wildman–Crippen LogP) is 4.37. The fraction of sp³-hybridized carbons (Fsp3) is 0.423. The van der Waals surface area contributed by atoms with Crippen LogP contribution in [-0.2, 0) is 10.0 Å². The van der Waals surface area contributed by atoms with Gasteiger partial charge in [-0.15, -0.1) is 0 Å². The largest absolute Gasteiger partial charge is 0.356 e. The van der Waals surface area contributed by atoms with Crippen LogP contribution in [0.4, 0.5) is 15.7 Å². The second kappa shape index (κ2) is 10.6. The van der Waals surface area contributed by atoms with Crippen molar-refractivity contribution in [2.45, 2.75) is 54.7 Å². The first-order valence-electron chi connectivity index (χ1n) is 13.0. The molecule has 11 nitrogen and oxygen atoms in total. The van der Waals surface area contributed by atoms with Gasteiger partial charge in [0.05, 0.1) is 10.3 Å². The lowest BCUT2D eigenvalue weighted by molar-refractivity contribution is 0.248. The number of fused-ring (bicyclic) bond motifs is 2. The van der Waals surface area contributed by atoms with Crippen molar-refractivity contribution >= 4 is 61.3 Å². The van der Waals surface area contributed by atoms with Crippen LogP contribution in [0.1, 0.15) is 31.2 Å². The van der Waals surface area contributed by atoms with Gasteiger partial charge in [0.25, 0.3) is 10.0 Å². The van der Waals surface area contributed by atoms with Crippen LogP contribution in [-0.4, -0.2) is 63.1 Å². The van der Waals surface area contributed by atoms with E-state index in [0.29, 0.717) is 33.2 Å². The fourth-order valence-electron chi connectivity index (χ4n) is 6.07. The van der Waals surface area contributed by atoms with E-state index in [1.807, 2.05) is 20.2 Å². The molecule has 2 amide bonds. The molecule has 4 aromatic rings. The van der Waals surface area contributed by atoms with Gasteiger partial charge >= 0.3 is 6.03 Å². The molecule has 3 aromatic heterocycles. The number of rotatable bonds is 7. The average Bonchev–Trinajstić information content (AvgIpc) is 3.71. The Morgan fingerprint density at radius 2 is 1.82 bits per heavy atom. The minimum Gasteiger partial charge on any atom is -0.356 e. The fourth-order valence-corrected chi connectivity index (χ4v) is 8.49. The zero-order valence-electron chi connectivity index (χ0n) is 22.3. The molecule has 2 N–H and O–H groups in total. The summed E-state index contributed by atoms with van der Waals surface area (Å²) in [5.41, 5.74) is 1.36. The molecule has 0 saturated heterocycles. The van der Waals surface area contributed by atoms with Gasteiger partial charge in [0.1, 0.15) is 12.1 Å². The van der Waals surface area contributed by atoms with Gasteiger partial charge in [-0.3, -0.25) is 5.32 Å². The summed E-state index contributed by atoms with van der Waals surface area (Å²) in [4.78, 5) is 28.0. The lowest BCUT2D eigenvalue weighted by atomic mass is 10.0. The summed E-state index contributed by atoms with van der Waals surface area (Å²) in [6.07, 6.45) is 8.72. The summed E-state index contributed by atoms with van der Waals surface area (Å²) >= 11 is 2.62. The Labute approximate surface area is 241 Å². The smallest absolute Gasteiger partial charge is 0.321 e. The summed E-state index contributed by atoms with van der Waals surface area (Å²) in [5, 5.41) is 7.75. The van der Waals surface area contributed by atoms with Crippen molar-refractivity contribution in [3.63, 3.8) is 0 Å². The molecule has 0 radical (unpaired) electrons. The molecule has 2 saturated carbocycles. The molecule has 40 heavy (non-hydrogen) atoms. The lowest BCUT2D eigenvalue weighted by Crippen LogP contribution is -2.37. The van der Waals surface area contributed by atoms with Crippen LogP contribution in [0.2, 0.25) is 0 Å². The van der Waals surface area contributed by atoms with Crippen molar-refractivity contribution in [1.29, 1.82) is 0 Å². The summed E-state index contributed by atoms with van der Waals surface area (Å²) in [6, 6.07) is 8.74. The standard InChI is InChI=1S/C26H30N8O3S3/c1-15-4-6-20(7-5-15)40(36,37)34-9-8-21-22(27-14-28-23(21)34)33(2)19-12-16-10-18(11-17(16)13-19)29-24(35)30-25-31-26(38-3)32-39-25/h4-9,14,16-19H,10-13H2,1-3H3,(H2,29,30,31,32,35)/t16-,17+,18+,19-. The number of aromatic nitrogens is 5. The highest BCUT2D eigenvalue weighted by Gasteiger charge is 2.43. The normalized spacial score (nSPS) is 22.4. The van der Waals surface area contributed by atoms with Crippen molar-refractivity contribution in [2.75, 3.05) is 23.5 Å². The van der Waals surface area contributed by atoms with Gasteiger partial charge < -0.3 is 10.2 Å². The number of anilines is 2. The molecule has 210 valence electrons. The third-order valence-corrected chi connectivity index (χ3v) is 11.0. The van der Waals surface area contributed by atoms with Crippen molar-refractivity contribution in [3.05, 3.63) is 48.4 Å². The molecule has 4 atom stereocenters. The number of amides is 2. The van der Waals surface area contributed by atoms with Crippen molar-refractivity contribution in [1.82, 2.24) is 28.6 Å². The van der Waals surface area contributed by atoms with E-state index >= 15 is 0 Å². The summed E-state index contributed by atoms with van der Waals surface area (Å²) in [5.74, 6) is 1.74.